The van der Waals surface area contributed by atoms with Gasteiger partial charge in [-0.05, 0) is 54.8 Å². The van der Waals surface area contributed by atoms with Crippen molar-refractivity contribution in [3.8, 4) is 6.07 Å². The van der Waals surface area contributed by atoms with Crippen molar-refractivity contribution in [1.29, 1.82) is 5.26 Å². The molecule has 0 aromatic heterocycles. The third kappa shape index (κ3) is 7.16. The van der Waals surface area contributed by atoms with E-state index in [0.717, 1.165) is 31.4 Å². The van der Waals surface area contributed by atoms with Gasteiger partial charge in [0.1, 0.15) is 6.61 Å². The number of ether oxygens (including phenoxy) is 1. The Kier molecular flexibility index (Phi) is 8.30. The van der Waals surface area contributed by atoms with Crippen LogP contribution < -0.4 is 5.32 Å². The fraction of sp³-hybridized carbons (Fsp3) is 0.652. The van der Waals surface area contributed by atoms with Gasteiger partial charge in [-0.2, -0.15) is 5.26 Å². The highest BCUT2D eigenvalue weighted by Gasteiger charge is 2.39. The van der Waals surface area contributed by atoms with Gasteiger partial charge in [-0.3, -0.25) is 0 Å². The molecule has 5 nitrogen and oxygen atoms in total. The van der Waals surface area contributed by atoms with Crippen molar-refractivity contribution in [3.63, 3.8) is 0 Å². The zero-order valence-corrected chi connectivity index (χ0v) is 19.5. The van der Waals surface area contributed by atoms with Crippen LogP contribution in [-0.2, 0) is 15.8 Å². The average Bonchev–Trinajstić information content (AvgIpc) is 3.14. The molecule has 0 radical (unpaired) electrons. The van der Waals surface area contributed by atoms with Crippen LogP contribution in [-0.4, -0.2) is 27.6 Å². The maximum absolute atomic E-state index is 12.0. The van der Waals surface area contributed by atoms with Crippen LogP contribution in [0.4, 0.5) is 4.79 Å². The quantitative estimate of drug-likeness (QED) is 0.569. The van der Waals surface area contributed by atoms with E-state index in [0.29, 0.717) is 18.4 Å². The van der Waals surface area contributed by atoms with Gasteiger partial charge >= 0.3 is 6.09 Å². The molecule has 1 saturated carbocycles. The highest BCUT2D eigenvalue weighted by molar-refractivity contribution is 6.74. The lowest BCUT2D eigenvalue weighted by Gasteiger charge is -2.37. The summed E-state index contributed by atoms with van der Waals surface area (Å²) in [5.41, 5.74) is 0.944. The molecular weight excluding hydrogens is 380 g/mol. The van der Waals surface area contributed by atoms with E-state index in [1.165, 1.54) is 0 Å². The van der Waals surface area contributed by atoms with Crippen LogP contribution in [0.15, 0.2) is 30.3 Å². The lowest BCUT2D eigenvalue weighted by Crippen LogP contribution is -2.41. The van der Waals surface area contributed by atoms with Crippen molar-refractivity contribution in [2.75, 3.05) is 13.2 Å². The number of benzene rings is 1. The second-order valence-corrected chi connectivity index (χ2v) is 14.5. The summed E-state index contributed by atoms with van der Waals surface area (Å²) in [6, 6.07) is 12.0. The van der Waals surface area contributed by atoms with Crippen LogP contribution in [0.25, 0.3) is 0 Å². The lowest BCUT2D eigenvalue weighted by atomic mass is 9.91. The zero-order chi connectivity index (χ0) is 21.5. The number of alkyl carbamates (subject to hydrolysis) is 1. The minimum atomic E-state index is -1.74. The van der Waals surface area contributed by atoms with Crippen molar-refractivity contribution in [2.45, 2.75) is 64.8 Å². The van der Waals surface area contributed by atoms with E-state index in [1.807, 2.05) is 30.3 Å². The number of nitriles is 1. The predicted molar refractivity (Wildman–Crippen MR) is 118 cm³/mol. The maximum atomic E-state index is 12.0. The molecule has 1 aliphatic rings. The third-order valence-corrected chi connectivity index (χ3v) is 11.0. The molecule has 0 spiro atoms. The van der Waals surface area contributed by atoms with E-state index >= 15 is 0 Å². The summed E-state index contributed by atoms with van der Waals surface area (Å²) >= 11 is 0. The second kappa shape index (κ2) is 10.3. The number of nitrogens with one attached hydrogen (secondary N) is 1. The zero-order valence-electron chi connectivity index (χ0n) is 18.5. The van der Waals surface area contributed by atoms with Gasteiger partial charge in [-0.15, -0.1) is 0 Å². The smallest absolute Gasteiger partial charge is 0.407 e. The molecule has 2 rings (SSSR count). The molecule has 3 unspecified atom stereocenters. The predicted octanol–water partition coefficient (Wildman–Crippen LogP) is 5.49. The van der Waals surface area contributed by atoms with E-state index in [-0.39, 0.29) is 17.6 Å². The van der Waals surface area contributed by atoms with Gasteiger partial charge in [0, 0.05) is 13.2 Å². The molecule has 0 bridgehead atoms. The molecule has 0 aliphatic heterocycles. The number of amides is 1. The standard InChI is InChI=1S/C23H36N2O3Si/c1-23(2,3)29(4,5)28-17-19-11-12-20(13-19)21(14-24)15-25-22(26)27-16-18-9-7-6-8-10-18/h6-10,19-21H,11-13,15-17H2,1-5H3,(H,25,26). The van der Waals surface area contributed by atoms with Crippen molar-refractivity contribution in [1.82, 2.24) is 5.32 Å². The molecule has 1 aromatic carbocycles. The molecule has 1 aliphatic carbocycles. The summed E-state index contributed by atoms with van der Waals surface area (Å²) in [5, 5.41) is 12.6. The Morgan fingerprint density at radius 2 is 1.97 bits per heavy atom. The number of carbonyl (C=O) groups excluding carboxylic acids is 1. The van der Waals surface area contributed by atoms with Gasteiger partial charge in [0.15, 0.2) is 8.32 Å². The Bertz CT molecular complexity index is 694. The van der Waals surface area contributed by atoms with E-state index < -0.39 is 14.4 Å². The summed E-state index contributed by atoms with van der Waals surface area (Å²) in [6.07, 6.45) is 2.64. The van der Waals surface area contributed by atoms with E-state index in [1.54, 1.807) is 0 Å². The van der Waals surface area contributed by atoms with Gasteiger partial charge in [-0.25, -0.2) is 4.79 Å². The van der Waals surface area contributed by atoms with Crippen LogP contribution in [0.2, 0.25) is 18.1 Å². The Morgan fingerprint density at radius 1 is 1.28 bits per heavy atom. The lowest BCUT2D eigenvalue weighted by molar-refractivity contribution is 0.137. The van der Waals surface area contributed by atoms with Crippen LogP contribution in [0.1, 0.15) is 45.6 Å². The van der Waals surface area contributed by atoms with Crippen molar-refractivity contribution in [2.24, 2.45) is 17.8 Å². The third-order valence-electron chi connectivity index (χ3n) is 6.48. The number of hydrogen-bond donors (Lipinski definition) is 1. The number of nitrogens with zero attached hydrogens (tertiary/aromatic N) is 1. The molecule has 160 valence electrons. The first kappa shape index (κ1) is 23.4. The molecule has 1 fully saturated rings. The van der Waals surface area contributed by atoms with Crippen molar-refractivity contribution < 1.29 is 14.0 Å². The first-order valence-electron chi connectivity index (χ1n) is 10.6. The van der Waals surface area contributed by atoms with Gasteiger partial charge in [0.05, 0.1) is 12.0 Å². The molecule has 6 heteroatoms. The van der Waals surface area contributed by atoms with Gasteiger partial charge in [0.2, 0.25) is 0 Å². The van der Waals surface area contributed by atoms with Crippen molar-refractivity contribution >= 4 is 14.4 Å². The van der Waals surface area contributed by atoms with Crippen LogP contribution >= 0.6 is 0 Å². The van der Waals surface area contributed by atoms with Gasteiger partial charge in [0.25, 0.3) is 0 Å². The molecule has 1 aromatic rings. The number of hydrogen-bond acceptors (Lipinski definition) is 4. The highest BCUT2D eigenvalue weighted by Crippen LogP contribution is 2.40. The average molecular weight is 417 g/mol. The minimum absolute atomic E-state index is 0.183. The normalized spacial score (nSPS) is 20.7. The summed E-state index contributed by atoms with van der Waals surface area (Å²) < 4.78 is 11.6. The van der Waals surface area contributed by atoms with E-state index in [2.05, 4.69) is 45.3 Å². The largest absolute Gasteiger partial charge is 0.445 e. The first-order chi connectivity index (χ1) is 13.6. The molecule has 1 amide bonds. The first-order valence-corrected chi connectivity index (χ1v) is 13.5. The van der Waals surface area contributed by atoms with Crippen molar-refractivity contribution in [3.05, 3.63) is 35.9 Å². The summed E-state index contributed by atoms with van der Waals surface area (Å²) in [6.45, 7) is 12.7. The monoisotopic (exact) mass is 416 g/mol. The van der Waals surface area contributed by atoms with E-state index in [4.69, 9.17) is 9.16 Å². The summed E-state index contributed by atoms with van der Waals surface area (Å²) in [7, 11) is -1.74. The Labute approximate surface area is 176 Å². The minimum Gasteiger partial charge on any atom is -0.445 e. The number of carbonyl (C=O) groups is 1. The summed E-state index contributed by atoms with van der Waals surface area (Å²) in [5.74, 6) is 0.634. The molecule has 3 atom stereocenters. The Morgan fingerprint density at radius 3 is 2.59 bits per heavy atom. The van der Waals surface area contributed by atoms with Crippen LogP contribution in [0, 0.1) is 29.1 Å². The fourth-order valence-electron chi connectivity index (χ4n) is 3.46. The Hall–Kier alpha value is -1.84. The molecular formula is C23H36N2O3Si. The second-order valence-electron chi connectivity index (χ2n) is 9.69. The van der Waals surface area contributed by atoms with E-state index in [9.17, 15) is 10.1 Å². The fourth-order valence-corrected chi connectivity index (χ4v) is 4.54. The topological polar surface area (TPSA) is 71.3 Å². The number of rotatable bonds is 8. The van der Waals surface area contributed by atoms with Crippen LogP contribution in [0.3, 0.4) is 0 Å². The molecule has 1 N–H and O–H groups in total. The van der Waals surface area contributed by atoms with Crippen LogP contribution in [0.5, 0.6) is 0 Å². The molecule has 0 heterocycles. The molecule has 0 saturated heterocycles. The van der Waals surface area contributed by atoms with Gasteiger partial charge < -0.3 is 14.5 Å². The Balaban J connectivity index is 1.73. The van der Waals surface area contributed by atoms with Gasteiger partial charge in [-0.1, -0.05) is 51.1 Å². The summed E-state index contributed by atoms with van der Waals surface area (Å²) in [4.78, 5) is 12.0. The maximum Gasteiger partial charge on any atom is 0.407 e. The SMILES string of the molecule is CC(C)(C)[Si](C)(C)OCC1CCC(C(C#N)CNC(=O)OCc2ccccc2)C1. The molecule has 29 heavy (non-hydrogen) atoms. The highest BCUT2D eigenvalue weighted by atomic mass is 28.4.